The molecule has 0 aliphatic rings. The Kier molecular flexibility index (Phi) is 4.61. The third-order valence-electron chi connectivity index (χ3n) is 3.95. The standard InChI is InChI=1S/C16H26N2O/c1-10-7-8-13(17)12(3)15(10)18-14(19)9-11(2)16(4,5)6/h7-8,11H,9,17H2,1-6H3,(H,18,19). The lowest BCUT2D eigenvalue weighted by atomic mass is 9.80. The van der Waals surface area contributed by atoms with E-state index < -0.39 is 0 Å². The van der Waals surface area contributed by atoms with Crippen molar-refractivity contribution in [1.82, 2.24) is 0 Å². The second kappa shape index (κ2) is 5.64. The molecule has 1 atom stereocenters. The van der Waals surface area contributed by atoms with Gasteiger partial charge in [0.1, 0.15) is 0 Å². The second-order valence-corrected chi connectivity index (χ2v) is 6.49. The molecule has 0 aromatic heterocycles. The minimum Gasteiger partial charge on any atom is -0.398 e. The van der Waals surface area contributed by atoms with E-state index in [0.717, 1.165) is 16.8 Å². The molecule has 1 amide bonds. The topological polar surface area (TPSA) is 55.1 Å². The summed E-state index contributed by atoms with van der Waals surface area (Å²) >= 11 is 0. The van der Waals surface area contributed by atoms with Crippen LogP contribution in [0.1, 0.15) is 45.2 Å². The SMILES string of the molecule is Cc1ccc(N)c(C)c1NC(=O)CC(C)C(C)(C)C. The summed E-state index contributed by atoms with van der Waals surface area (Å²) in [5.74, 6) is 0.383. The summed E-state index contributed by atoms with van der Waals surface area (Å²) in [6, 6.07) is 3.81. The van der Waals surface area contributed by atoms with Gasteiger partial charge in [-0.3, -0.25) is 4.79 Å². The fourth-order valence-corrected chi connectivity index (χ4v) is 1.83. The number of aryl methyl sites for hydroxylation is 1. The number of anilines is 2. The number of carbonyl (C=O) groups is 1. The van der Waals surface area contributed by atoms with Crippen molar-refractivity contribution in [3.05, 3.63) is 23.3 Å². The fourth-order valence-electron chi connectivity index (χ4n) is 1.83. The number of nitrogens with two attached hydrogens (primary N) is 1. The third-order valence-corrected chi connectivity index (χ3v) is 3.95. The molecule has 106 valence electrons. The van der Waals surface area contributed by atoms with Crippen molar-refractivity contribution in [2.24, 2.45) is 11.3 Å². The maximum Gasteiger partial charge on any atom is 0.224 e. The van der Waals surface area contributed by atoms with Crippen LogP contribution in [0, 0.1) is 25.2 Å². The van der Waals surface area contributed by atoms with E-state index >= 15 is 0 Å². The van der Waals surface area contributed by atoms with Crippen molar-refractivity contribution in [1.29, 1.82) is 0 Å². The zero-order valence-corrected chi connectivity index (χ0v) is 12.9. The van der Waals surface area contributed by atoms with Gasteiger partial charge in [0, 0.05) is 17.8 Å². The van der Waals surface area contributed by atoms with Crippen LogP contribution in [0.3, 0.4) is 0 Å². The number of rotatable bonds is 3. The van der Waals surface area contributed by atoms with Crippen LogP contribution < -0.4 is 11.1 Å². The molecule has 1 rings (SSSR count). The molecule has 0 bridgehead atoms. The largest absolute Gasteiger partial charge is 0.398 e. The van der Waals surface area contributed by atoms with Crippen molar-refractivity contribution in [3.63, 3.8) is 0 Å². The Labute approximate surface area is 116 Å². The molecule has 1 aromatic carbocycles. The number of benzene rings is 1. The molecule has 0 aliphatic carbocycles. The zero-order valence-electron chi connectivity index (χ0n) is 12.9. The minimum atomic E-state index is 0.0548. The zero-order chi connectivity index (χ0) is 14.8. The maximum atomic E-state index is 12.1. The van der Waals surface area contributed by atoms with Gasteiger partial charge < -0.3 is 11.1 Å². The summed E-state index contributed by atoms with van der Waals surface area (Å²) in [5.41, 5.74) is 9.57. The Morgan fingerprint density at radius 3 is 2.42 bits per heavy atom. The molecular weight excluding hydrogens is 236 g/mol. The molecule has 0 aliphatic heterocycles. The van der Waals surface area contributed by atoms with Gasteiger partial charge in [-0.15, -0.1) is 0 Å². The van der Waals surface area contributed by atoms with Gasteiger partial charge in [-0.25, -0.2) is 0 Å². The van der Waals surface area contributed by atoms with Gasteiger partial charge in [0.05, 0.1) is 0 Å². The number of nitrogens with one attached hydrogen (secondary N) is 1. The molecule has 1 unspecified atom stereocenters. The predicted octanol–water partition coefficient (Wildman–Crippen LogP) is 3.90. The Balaban J connectivity index is 2.81. The number of amides is 1. The van der Waals surface area contributed by atoms with E-state index in [1.165, 1.54) is 0 Å². The number of hydrogen-bond donors (Lipinski definition) is 2. The van der Waals surface area contributed by atoms with Gasteiger partial charge >= 0.3 is 0 Å². The van der Waals surface area contributed by atoms with Crippen molar-refractivity contribution < 1.29 is 4.79 Å². The van der Waals surface area contributed by atoms with Gasteiger partial charge in [0.15, 0.2) is 0 Å². The quantitative estimate of drug-likeness (QED) is 0.812. The van der Waals surface area contributed by atoms with E-state index in [9.17, 15) is 4.79 Å². The average Bonchev–Trinajstić information content (AvgIpc) is 2.28. The molecule has 3 nitrogen and oxygen atoms in total. The molecule has 19 heavy (non-hydrogen) atoms. The molecule has 0 spiro atoms. The van der Waals surface area contributed by atoms with E-state index in [-0.39, 0.29) is 11.3 Å². The third kappa shape index (κ3) is 3.98. The van der Waals surface area contributed by atoms with Crippen molar-refractivity contribution in [2.75, 3.05) is 11.1 Å². The van der Waals surface area contributed by atoms with Crippen LogP contribution in [0.15, 0.2) is 12.1 Å². The summed E-state index contributed by atoms with van der Waals surface area (Å²) in [7, 11) is 0. The van der Waals surface area contributed by atoms with Crippen molar-refractivity contribution in [2.45, 2.75) is 48.0 Å². The first-order valence-corrected chi connectivity index (χ1v) is 6.78. The Morgan fingerprint density at radius 1 is 1.32 bits per heavy atom. The van der Waals surface area contributed by atoms with Crippen LogP contribution in [-0.2, 0) is 4.79 Å². The average molecular weight is 262 g/mol. The van der Waals surface area contributed by atoms with E-state index in [1.807, 2.05) is 26.0 Å². The lowest BCUT2D eigenvalue weighted by Crippen LogP contribution is -2.24. The monoisotopic (exact) mass is 262 g/mol. The summed E-state index contributed by atoms with van der Waals surface area (Å²) in [4.78, 5) is 12.1. The van der Waals surface area contributed by atoms with E-state index in [4.69, 9.17) is 5.73 Å². The highest BCUT2D eigenvalue weighted by molar-refractivity contribution is 5.93. The van der Waals surface area contributed by atoms with Gasteiger partial charge in [-0.1, -0.05) is 33.8 Å². The Morgan fingerprint density at radius 2 is 1.89 bits per heavy atom. The molecule has 0 radical (unpaired) electrons. The smallest absolute Gasteiger partial charge is 0.224 e. The van der Waals surface area contributed by atoms with Crippen LogP contribution in [0.2, 0.25) is 0 Å². The van der Waals surface area contributed by atoms with Crippen LogP contribution in [0.5, 0.6) is 0 Å². The van der Waals surface area contributed by atoms with Gasteiger partial charge in [0.25, 0.3) is 0 Å². The first kappa shape index (κ1) is 15.5. The number of carbonyl (C=O) groups excluding carboxylic acids is 1. The Hall–Kier alpha value is -1.51. The molecule has 0 fully saturated rings. The second-order valence-electron chi connectivity index (χ2n) is 6.49. The molecular formula is C16H26N2O. The lowest BCUT2D eigenvalue weighted by molar-refractivity contribution is -0.117. The van der Waals surface area contributed by atoms with Gasteiger partial charge in [-0.2, -0.15) is 0 Å². The first-order valence-electron chi connectivity index (χ1n) is 6.78. The highest BCUT2D eigenvalue weighted by atomic mass is 16.1. The summed E-state index contributed by atoms with van der Waals surface area (Å²) in [6.07, 6.45) is 0.525. The first-order chi connectivity index (χ1) is 8.62. The molecule has 3 N–H and O–H groups in total. The predicted molar refractivity (Wildman–Crippen MR) is 82.2 cm³/mol. The molecule has 3 heteroatoms. The van der Waals surface area contributed by atoms with Crippen molar-refractivity contribution in [3.8, 4) is 0 Å². The molecule has 0 saturated carbocycles. The highest BCUT2D eigenvalue weighted by Gasteiger charge is 2.23. The number of nitrogen functional groups attached to an aromatic ring is 1. The summed E-state index contributed by atoms with van der Waals surface area (Å²) in [5, 5.41) is 3.00. The molecule has 0 saturated heterocycles. The van der Waals surface area contributed by atoms with Gasteiger partial charge in [-0.05, 0) is 42.4 Å². The summed E-state index contributed by atoms with van der Waals surface area (Å²) in [6.45, 7) is 12.5. The number of hydrogen-bond acceptors (Lipinski definition) is 2. The van der Waals surface area contributed by atoms with E-state index in [0.29, 0.717) is 18.0 Å². The Bertz CT molecular complexity index is 472. The highest BCUT2D eigenvalue weighted by Crippen LogP contribution is 2.29. The maximum absolute atomic E-state index is 12.1. The minimum absolute atomic E-state index is 0.0548. The fraction of sp³-hybridized carbons (Fsp3) is 0.562. The van der Waals surface area contributed by atoms with Crippen LogP contribution in [-0.4, -0.2) is 5.91 Å². The normalized spacial score (nSPS) is 13.2. The van der Waals surface area contributed by atoms with Crippen LogP contribution >= 0.6 is 0 Å². The molecule has 0 heterocycles. The van der Waals surface area contributed by atoms with Crippen molar-refractivity contribution >= 4 is 17.3 Å². The van der Waals surface area contributed by atoms with Gasteiger partial charge in [0.2, 0.25) is 5.91 Å². The molecule has 1 aromatic rings. The van der Waals surface area contributed by atoms with E-state index in [1.54, 1.807) is 0 Å². The summed E-state index contributed by atoms with van der Waals surface area (Å²) < 4.78 is 0. The lowest BCUT2D eigenvalue weighted by Gasteiger charge is -2.27. The van der Waals surface area contributed by atoms with Crippen LogP contribution in [0.4, 0.5) is 11.4 Å². The van der Waals surface area contributed by atoms with Crippen LogP contribution in [0.25, 0.3) is 0 Å². The van der Waals surface area contributed by atoms with E-state index in [2.05, 4.69) is 33.0 Å².